The molecule has 1 fully saturated rings. The molecule has 1 aliphatic rings. The van der Waals surface area contributed by atoms with Gasteiger partial charge in [-0.1, -0.05) is 11.6 Å². The van der Waals surface area contributed by atoms with Gasteiger partial charge in [-0.3, -0.25) is 0 Å². The molecule has 0 aromatic carbocycles. The molecule has 3 heterocycles. The van der Waals surface area contributed by atoms with Gasteiger partial charge in [-0.15, -0.1) is 0 Å². The minimum Gasteiger partial charge on any atom is -0.487 e. The molecule has 3 rings (SSSR count). The van der Waals surface area contributed by atoms with Crippen LogP contribution < -0.4 is 10.1 Å². The zero-order chi connectivity index (χ0) is 11.0. The average molecular weight is 239 g/mol. The molecule has 2 N–H and O–H groups in total. The van der Waals surface area contributed by atoms with E-state index in [0.29, 0.717) is 10.8 Å². The molecule has 1 aliphatic heterocycles. The van der Waals surface area contributed by atoms with E-state index in [-0.39, 0.29) is 6.10 Å². The van der Waals surface area contributed by atoms with Crippen molar-refractivity contribution < 1.29 is 4.74 Å². The number of halogens is 1. The highest BCUT2D eigenvalue weighted by Crippen LogP contribution is 2.30. The van der Waals surface area contributed by atoms with Gasteiger partial charge in [0.1, 0.15) is 29.0 Å². The van der Waals surface area contributed by atoms with Crippen LogP contribution in [-0.4, -0.2) is 34.1 Å². The molecule has 0 bridgehead atoms. The van der Waals surface area contributed by atoms with E-state index >= 15 is 0 Å². The van der Waals surface area contributed by atoms with Crippen molar-refractivity contribution in [1.82, 2.24) is 20.3 Å². The van der Waals surface area contributed by atoms with Crippen LogP contribution in [0.15, 0.2) is 12.5 Å². The molecule has 0 radical (unpaired) electrons. The quantitative estimate of drug-likeness (QED) is 0.776. The predicted octanol–water partition coefficient (Wildman–Crippen LogP) is 1.35. The molecule has 0 aliphatic carbocycles. The van der Waals surface area contributed by atoms with Crippen molar-refractivity contribution in [2.75, 3.05) is 13.1 Å². The molecule has 5 nitrogen and oxygen atoms in total. The predicted molar refractivity (Wildman–Crippen MR) is 60.8 cm³/mol. The van der Waals surface area contributed by atoms with Gasteiger partial charge in [0, 0.05) is 12.7 Å². The van der Waals surface area contributed by atoms with E-state index in [1.165, 1.54) is 6.33 Å². The Morgan fingerprint density at radius 1 is 1.44 bits per heavy atom. The lowest BCUT2D eigenvalue weighted by molar-refractivity contribution is 0.226. The highest BCUT2D eigenvalue weighted by atomic mass is 35.5. The van der Waals surface area contributed by atoms with E-state index < -0.39 is 0 Å². The maximum atomic E-state index is 6.02. The number of nitrogens with zero attached hydrogens (tertiary/aromatic N) is 2. The van der Waals surface area contributed by atoms with Crippen molar-refractivity contribution in [1.29, 1.82) is 0 Å². The Morgan fingerprint density at radius 2 is 2.38 bits per heavy atom. The Hall–Kier alpha value is -1.33. The van der Waals surface area contributed by atoms with Gasteiger partial charge in [-0.2, -0.15) is 0 Å². The summed E-state index contributed by atoms with van der Waals surface area (Å²) in [5.74, 6) is 0.731. The monoisotopic (exact) mass is 238 g/mol. The standard InChI is InChI=1S/C10H11ClN4O/c11-9-8-7(16-6-1-2-12-3-6)4-13-10(8)15-5-14-9/h4-6,12H,1-3H2,(H,13,14,15). The molecule has 1 atom stereocenters. The molecule has 1 saturated heterocycles. The molecule has 0 spiro atoms. The van der Waals surface area contributed by atoms with Crippen molar-refractivity contribution in [2.24, 2.45) is 0 Å². The fourth-order valence-corrected chi connectivity index (χ4v) is 2.13. The Morgan fingerprint density at radius 3 is 3.19 bits per heavy atom. The first-order valence-corrected chi connectivity index (χ1v) is 5.57. The summed E-state index contributed by atoms with van der Waals surface area (Å²) in [4.78, 5) is 11.1. The van der Waals surface area contributed by atoms with Gasteiger partial charge in [0.05, 0.1) is 5.39 Å². The molecular formula is C10H11ClN4O. The Bertz CT molecular complexity index is 506. The summed E-state index contributed by atoms with van der Waals surface area (Å²) in [6.07, 6.45) is 4.43. The van der Waals surface area contributed by atoms with E-state index in [4.69, 9.17) is 16.3 Å². The van der Waals surface area contributed by atoms with Gasteiger partial charge in [0.2, 0.25) is 0 Å². The number of nitrogens with one attached hydrogen (secondary N) is 2. The lowest BCUT2D eigenvalue weighted by Crippen LogP contribution is -2.19. The summed E-state index contributed by atoms with van der Waals surface area (Å²) in [5.41, 5.74) is 0.709. The van der Waals surface area contributed by atoms with Gasteiger partial charge in [-0.25, -0.2) is 9.97 Å². The van der Waals surface area contributed by atoms with Gasteiger partial charge in [0.25, 0.3) is 0 Å². The van der Waals surface area contributed by atoms with Crippen molar-refractivity contribution in [3.05, 3.63) is 17.7 Å². The molecule has 16 heavy (non-hydrogen) atoms. The molecule has 84 valence electrons. The smallest absolute Gasteiger partial charge is 0.149 e. The second kappa shape index (κ2) is 3.92. The zero-order valence-corrected chi connectivity index (χ0v) is 9.29. The fraction of sp³-hybridized carbons (Fsp3) is 0.400. The number of fused-ring (bicyclic) bond motifs is 1. The van der Waals surface area contributed by atoms with E-state index in [1.807, 2.05) is 0 Å². The van der Waals surface area contributed by atoms with Crippen LogP contribution in [0.1, 0.15) is 6.42 Å². The first kappa shape index (κ1) is 9.86. The normalized spacial score (nSPS) is 20.4. The van der Waals surface area contributed by atoms with Crippen LogP contribution in [0.5, 0.6) is 5.75 Å². The maximum absolute atomic E-state index is 6.02. The van der Waals surface area contributed by atoms with Crippen molar-refractivity contribution >= 4 is 22.6 Å². The van der Waals surface area contributed by atoms with Crippen molar-refractivity contribution in [2.45, 2.75) is 12.5 Å². The maximum Gasteiger partial charge on any atom is 0.149 e. The van der Waals surface area contributed by atoms with Crippen LogP contribution >= 0.6 is 11.6 Å². The third-order valence-electron chi connectivity index (χ3n) is 2.70. The van der Waals surface area contributed by atoms with Crippen LogP contribution in [0.3, 0.4) is 0 Å². The largest absolute Gasteiger partial charge is 0.487 e. The first-order valence-electron chi connectivity index (χ1n) is 5.19. The van der Waals surface area contributed by atoms with Gasteiger partial charge in [0.15, 0.2) is 0 Å². The molecule has 2 aromatic rings. The lowest BCUT2D eigenvalue weighted by Gasteiger charge is -2.10. The summed E-state index contributed by atoms with van der Waals surface area (Å²) < 4.78 is 5.85. The highest BCUT2D eigenvalue weighted by Gasteiger charge is 2.19. The zero-order valence-electron chi connectivity index (χ0n) is 8.53. The summed E-state index contributed by atoms with van der Waals surface area (Å²) in [6, 6.07) is 0. The Kier molecular flexibility index (Phi) is 2.41. The summed E-state index contributed by atoms with van der Waals surface area (Å²) in [5, 5.41) is 4.43. The number of aromatic nitrogens is 3. The molecule has 0 amide bonds. The minimum atomic E-state index is 0.204. The third-order valence-corrected chi connectivity index (χ3v) is 2.98. The van der Waals surface area contributed by atoms with Crippen molar-refractivity contribution in [3.63, 3.8) is 0 Å². The number of rotatable bonds is 2. The molecule has 0 saturated carbocycles. The van der Waals surface area contributed by atoms with E-state index in [9.17, 15) is 0 Å². The molecular weight excluding hydrogens is 228 g/mol. The van der Waals surface area contributed by atoms with Gasteiger partial charge < -0.3 is 15.0 Å². The summed E-state index contributed by atoms with van der Waals surface area (Å²) >= 11 is 6.02. The lowest BCUT2D eigenvalue weighted by atomic mass is 10.3. The number of aromatic amines is 1. The average Bonchev–Trinajstić information content (AvgIpc) is 2.90. The van der Waals surface area contributed by atoms with Crippen LogP contribution in [-0.2, 0) is 0 Å². The fourth-order valence-electron chi connectivity index (χ4n) is 1.90. The molecule has 1 unspecified atom stereocenters. The van der Waals surface area contributed by atoms with Crippen LogP contribution in [0.25, 0.3) is 11.0 Å². The van der Waals surface area contributed by atoms with E-state index in [1.54, 1.807) is 6.20 Å². The number of H-pyrrole nitrogens is 1. The minimum absolute atomic E-state index is 0.204. The Labute approximate surface area is 97.2 Å². The van der Waals surface area contributed by atoms with E-state index in [2.05, 4.69) is 20.3 Å². The first-order chi connectivity index (χ1) is 7.84. The number of hydrogen-bond acceptors (Lipinski definition) is 4. The SMILES string of the molecule is Clc1ncnc2[nH]cc(OC3CCNC3)c12. The number of ether oxygens (including phenoxy) is 1. The molecule has 2 aromatic heterocycles. The second-order valence-electron chi connectivity index (χ2n) is 3.77. The topological polar surface area (TPSA) is 62.8 Å². The summed E-state index contributed by atoms with van der Waals surface area (Å²) in [7, 11) is 0. The highest BCUT2D eigenvalue weighted by molar-refractivity contribution is 6.34. The van der Waals surface area contributed by atoms with Crippen LogP contribution in [0, 0.1) is 0 Å². The second-order valence-corrected chi connectivity index (χ2v) is 4.13. The van der Waals surface area contributed by atoms with Crippen LogP contribution in [0.4, 0.5) is 0 Å². The Balaban J connectivity index is 1.97. The van der Waals surface area contributed by atoms with Crippen LogP contribution in [0.2, 0.25) is 5.15 Å². The number of hydrogen-bond donors (Lipinski definition) is 2. The third kappa shape index (κ3) is 1.62. The summed E-state index contributed by atoms with van der Waals surface area (Å²) in [6.45, 7) is 1.87. The van der Waals surface area contributed by atoms with Gasteiger partial charge in [-0.05, 0) is 13.0 Å². The molecule has 6 heteroatoms. The van der Waals surface area contributed by atoms with E-state index in [0.717, 1.165) is 30.6 Å². The van der Waals surface area contributed by atoms with Crippen molar-refractivity contribution in [3.8, 4) is 5.75 Å². The van der Waals surface area contributed by atoms with Gasteiger partial charge >= 0.3 is 0 Å².